The molecule has 152 valence electrons. The number of anilines is 1. The molecule has 1 fully saturated rings. The Balaban J connectivity index is 1.52. The number of aromatic amines is 1. The number of hydrogen-bond donors (Lipinski definition) is 3. The fourth-order valence-electron chi connectivity index (χ4n) is 3.23. The Morgan fingerprint density at radius 1 is 1.11 bits per heavy atom. The van der Waals surface area contributed by atoms with Gasteiger partial charge in [-0.25, -0.2) is 17.6 Å². The molecule has 1 aromatic heterocycles. The van der Waals surface area contributed by atoms with Gasteiger partial charge in [0.25, 0.3) is 6.43 Å². The Bertz CT molecular complexity index is 863. The van der Waals surface area contributed by atoms with Crippen LogP contribution in [0.25, 0.3) is 10.9 Å². The zero-order valence-corrected chi connectivity index (χ0v) is 14.7. The summed E-state index contributed by atoms with van der Waals surface area (Å²) < 4.78 is 56.0. The van der Waals surface area contributed by atoms with Crippen LogP contribution >= 0.6 is 0 Å². The van der Waals surface area contributed by atoms with Gasteiger partial charge in [0.2, 0.25) is 0 Å². The van der Waals surface area contributed by atoms with E-state index in [4.69, 9.17) is 4.74 Å². The standard InChI is InChI=1S/C18H19F4N3O3/c19-12-5-11-14(6-13(12)20)23-7-15(11)25-18(27)17(26)24-9-1-3-10(4-2-9)28-8-16(21)22/h5-7,9-10,16,23H,1-4,8H2,(H,24,26)(H,25,27)/t9-,10+. The first-order chi connectivity index (χ1) is 13.3. The molecule has 10 heteroatoms. The number of ether oxygens (including phenoxy) is 1. The quantitative estimate of drug-likeness (QED) is 0.532. The number of aromatic nitrogens is 1. The van der Waals surface area contributed by atoms with Gasteiger partial charge in [-0.1, -0.05) is 0 Å². The number of alkyl halides is 2. The van der Waals surface area contributed by atoms with Gasteiger partial charge < -0.3 is 20.4 Å². The molecule has 0 spiro atoms. The predicted molar refractivity (Wildman–Crippen MR) is 93.0 cm³/mol. The lowest BCUT2D eigenvalue weighted by Crippen LogP contribution is -2.44. The molecule has 3 rings (SSSR count). The van der Waals surface area contributed by atoms with E-state index in [-0.39, 0.29) is 28.7 Å². The normalized spacial score (nSPS) is 19.8. The molecule has 0 radical (unpaired) electrons. The Hall–Kier alpha value is -2.62. The topological polar surface area (TPSA) is 83.2 Å². The number of fused-ring (bicyclic) bond motifs is 1. The molecule has 1 aliphatic rings. The van der Waals surface area contributed by atoms with Crippen molar-refractivity contribution in [3.8, 4) is 0 Å². The molecule has 1 saturated carbocycles. The highest BCUT2D eigenvalue weighted by Gasteiger charge is 2.26. The van der Waals surface area contributed by atoms with Crippen LogP contribution in [0.3, 0.4) is 0 Å². The van der Waals surface area contributed by atoms with Gasteiger partial charge in [-0.2, -0.15) is 0 Å². The lowest BCUT2D eigenvalue weighted by atomic mass is 9.93. The molecule has 28 heavy (non-hydrogen) atoms. The second-order valence-electron chi connectivity index (χ2n) is 6.64. The molecular weight excluding hydrogens is 382 g/mol. The van der Waals surface area contributed by atoms with E-state index in [1.807, 2.05) is 0 Å². The SMILES string of the molecule is O=C(Nc1c[nH]c2cc(F)c(F)cc12)C(=O)N[C@H]1CC[C@@H](OCC(F)F)CC1. The first-order valence-electron chi connectivity index (χ1n) is 8.81. The monoisotopic (exact) mass is 401 g/mol. The molecule has 2 aromatic rings. The van der Waals surface area contributed by atoms with Crippen LogP contribution in [-0.2, 0) is 14.3 Å². The molecule has 1 aromatic carbocycles. The first-order valence-corrected chi connectivity index (χ1v) is 8.81. The fraction of sp³-hybridized carbons (Fsp3) is 0.444. The number of carbonyl (C=O) groups is 2. The van der Waals surface area contributed by atoms with Crippen molar-refractivity contribution in [2.45, 2.75) is 44.3 Å². The number of hydrogen-bond acceptors (Lipinski definition) is 3. The first kappa shape index (κ1) is 20.1. The molecule has 0 aliphatic heterocycles. The van der Waals surface area contributed by atoms with E-state index in [9.17, 15) is 27.2 Å². The molecule has 1 aliphatic carbocycles. The molecule has 3 N–H and O–H groups in total. The average Bonchev–Trinajstić information content (AvgIpc) is 3.03. The van der Waals surface area contributed by atoms with Gasteiger partial charge in [-0.3, -0.25) is 9.59 Å². The van der Waals surface area contributed by atoms with Gasteiger partial charge in [0.15, 0.2) is 11.6 Å². The number of halogens is 4. The van der Waals surface area contributed by atoms with Gasteiger partial charge in [-0.15, -0.1) is 0 Å². The minimum absolute atomic E-state index is 0.151. The summed E-state index contributed by atoms with van der Waals surface area (Å²) in [5.41, 5.74) is 0.426. The van der Waals surface area contributed by atoms with E-state index < -0.39 is 36.5 Å². The lowest BCUT2D eigenvalue weighted by molar-refractivity contribution is -0.136. The molecule has 0 bridgehead atoms. The molecule has 6 nitrogen and oxygen atoms in total. The maximum Gasteiger partial charge on any atom is 0.313 e. The van der Waals surface area contributed by atoms with Crippen molar-refractivity contribution in [3.63, 3.8) is 0 Å². The van der Waals surface area contributed by atoms with Crippen molar-refractivity contribution < 1.29 is 31.9 Å². The van der Waals surface area contributed by atoms with E-state index in [1.165, 1.54) is 6.20 Å². The van der Waals surface area contributed by atoms with Gasteiger partial charge >= 0.3 is 11.8 Å². The zero-order valence-electron chi connectivity index (χ0n) is 14.7. The summed E-state index contributed by atoms with van der Waals surface area (Å²) in [5, 5.41) is 5.18. The van der Waals surface area contributed by atoms with Crippen LogP contribution in [0.1, 0.15) is 25.7 Å². The van der Waals surface area contributed by atoms with Crippen LogP contribution in [-0.4, -0.2) is 42.0 Å². The Morgan fingerprint density at radius 2 is 1.79 bits per heavy atom. The zero-order chi connectivity index (χ0) is 20.3. The number of benzene rings is 1. The van der Waals surface area contributed by atoms with Crippen LogP contribution in [0.15, 0.2) is 18.3 Å². The summed E-state index contributed by atoms with van der Waals surface area (Å²) in [6.07, 6.45) is 0.558. The second kappa shape index (κ2) is 8.59. The molecule has 0 unspecified atom stereocenters. The smallest absolute Gasteiger partial charge is 0.313 e. The van der Waals surface area contributed by atoms with E-state index in [2.05, 4.69) is 15.6 Å². The van der Waals surface area contributed by atoms with E-state index >= 15 is 0 Å². The number of H-pyrrole nitrogens is 1. The van der Waals surface area contributed by atoms with Crippen molar-refractivity contribution in [1.29, 1.82) is 0 Å². The van der Waals surface area contributed by atoms with Crippen LogP contribution in [0, 0.1) is 11.6 Å². The summed E-state index contributed by atoms with van der Waals surface area (Å²) >= 11 is 0. The third-order valence-electron chi connectivity index (χ3n) is 4.64. The highest BCUT2D eigenvalue weighted by atomic mass is 19.3. The second-order valence-corrected chi connectivity index (χ2v) is 6.64. The van der Waals surface area contributed by atoms with Crippen molar-refractivity contribution in [1.82, 2.24) is 10.3 Å². The summed E-state index contributed by atoms with van der Waals surface area (Å²) in [7, 11) is 0. The van der Waals surface area contributed by atoms with Crippen molar-refractivity contribution in [2.75, 3.05) is 11.9 Å². The van der Waals surface area contributed by atoms with Crippen LogP contribution in [0.4, 0.5) is 23.2 Å². The van der Waals surface area contributed by atoms with Gasteiger partial charge in [0.1, 0.15) is 6.61 Å². The van der Waals surface area contributed by atoms with Crippen molar-refractivity contribution in [3.05, 3.63) is 30.0 Å². The van der Waals surface area contributed by atoms with Crippen molar-refractivity contribution >= 4 is 28.4 Å². The van der Waals surface area contributed by atoms with Crippen molar-refractivity contribution in [2.24, 2.45) is 0 Å². The maximum absolute atomic E-state index is 13.4. The van der Waals surface area contributed by atoms with Gasteiger partial charge in [0.05, 0.1) is 17.3 Å². The van der Waals surface area contributed by atoms with E-state index in [0.29, 0.717) is 25.7 Å². The lowest BCUT2D eigenvalue weighted by Gasteiger charge is -2.28. The highest BCUT2D eigenvalue weighted by molar-refractivity contribution is 6.40. The highest BCUT2D eigenvalue weighted by Crippen LogP contribution is 2.26. The van der Waals surface area contributed by atoms with Gasteiger partial charge in [-0.05, 0) is 31.7 Å². The van der Waals surface area contributed by atoms with Gasteiger partial charge in [0, 0.05) is 23.7 Å². The van der Waals surface area contributed by atoms with Crippen LogP contribution in [0.2, 0.25) is 0 Å². The fourth-order valence-corrected chi connectivity index (χ4v) is 3.23. The molecular formula is C18H19F4N3O3. The summed E-state index contributed by atoms with van der Waals surface area (Å²) in [6, 6.07) is 1.61. The molecule has 0 saturated heterocycles. The average molecular weight is 401 g/mol. The predicted octanol–water partition coefficient (Wildman–Crippen LogP) is 3.09. The summed E-state index contributed by atoms with van der Waals surface area (Å²) in [5.74, 6) is -3.91. The third kappa shape index (κ3) is 4.80. The maximum atomic E-state index is 13.4. The molecule has 0 atom stereocenters. The number of nitrogens with one attached hydrogen (secondary N) is 3. The van der Waals surface area contributed by atoms with E-state index in [1.54, 1.807) is 0 Å². The summed E-state index contributed by atoms with van der Waals surface area (Å²) in [6.45, 7) is -0.612. The minimum Gasteiger partial charge on any atom is -0.372 e. The third-order valence-corrected chi connectivity index (χ3v) is 4.64. The number of amides is 2. The van der Waals surface area contributed by atoms with E-state index in [0.717, 1.165) is 12.1 Å². The molecule has 2 amide bonds. The number of rotatable bonds is 5. The Morgan fingerprint density at radius 3 is 2.46 bits per heavy atom. The van der Waals surface area contributed by atoms with Crippen LogP contribution < -0.4 is 10.6 Å². The number of carbonyl (C=O) groups excluding carboxylic acids is 2. The Kier molecular flexibility index (Phi) is 6.18. The largest absolute Gasteiger partial charge is 0.372 e. The minimum atomic E-state index is -2.52. The summed E-state index contributed by atoms with van der Waals surface area (Å²) in [4.78, 5) is 26.9. The molecule has 1 heterocycles. The Labute approximate surface area is 157 Å². The van der Waals surface area contributed by atoms with Crippen LogP contribution in [0.5, 0.6) is 0 Å².